The highest BCUT2D eigenvalue weighted by Crippen LogP contribution is 2.40. The standard InChI is InChI=1S/C19H17F3N2O3S/c1-12-5-2-3-8-15(12)24-17-11-28(26,27)10-16(17)23(18(24)25)14-7-4-6-13(9-14)19(20,21)22/h2-9,16-17H,10-11H2,1H3/t16-,17+/m0/s1. The van der Waals surface area contributed by atoms with Crippen LogP contribution >= 0.6 is 0 Å². The van der Waals surface area contributed by atoms with Crippen molar-refractivity contribution in [3.05, 3.63) is 59.7 Å². The molecule has 4 rings (SSSR count). The molecule has 2 fully saturated rings. The second-order valence-corrected chi connectivity index (χ2v) is 9.22. The minimum atomic E-state index is -4.56. The van der Waals surface area contributed by atoms with Gasteiger partial charge in [0.05, 0.1) is 29.2 Å². The van der Waals surface area contributed by atoms with Crippen LogP contribution in [0.2, 0.25) is 0 Å². The number of halogens is 3. The monoisotopic (exact) mass is 410 g/mol. The molecule has 148 valence electrons. The number of nitrogens with zero attached hydrogens (tertiary/aromatic N) is 2. The van der Waals surface area contributed by atoms with Gasteiger partial charge < -0.3 is 0 Å². The Morgan fingerprint density at radius 1 is 0.964 bits per heavy atom. The molecule has 0 N–H and O–H groups in total. The maximum atomic E-state index is 13.2. The molecule has 5 nitrogen and oxygen atoms in total. The number of anilines is 2. The van der Waals surface area contributed by atoms with Gasteiger partial charge in [0.25, 0.3) is 0 Å². The van der Waals surface area contributed by atoms with Crippen molar-refractivity contribution >= 4 is 27.2 Å². The summed E-state index contributed by atoms with van der Waals surface area (Å²) in [6.45, 7) is 1.80. The first-order chi connectivity index (χ1) is 13.1. The first kappa shape index (κ1) is 18.8. The van der Waals surface area contributed by atoms with Gasteiger partial charge in [-0.25, -0.2) is 13.2 Å². The van der Waals surface area contributed by atoms with E-state index in [9.17, 15) is 26.4 Å². The van der Waals surface area contributed by atoms with Crippen molar-refractivity contribution in [2.24, 2.45) is 0 Å². The normalized spacial score (nSPS) is 23.9. The van der Waals surface area contributed by atoms with Crippen LogP contribution in [-0.4, -0.2) is 38.0 Å². The number of urea groups is 1. The number of rotatable bonds is 2. The van der Waals surface area contributed by atoms with Crippen LogP contribution < -0.4 is 9.80 Å². The van der Waals surface area contributed by atoms with E-state index in [1.807, 2.05) is 0 Å². The third kappa shape index (κ3) is 3.03. The Hall–Kier alpha value is -2.55. The van der Waals surface area contributed by atoms with Crippen LogP contribution in [0.5, 0.6) is 0 Å². The number of amides is 2. The summed E-state index contributed by atoms with van der Waals surface area (Å²) in [4.78, 5) is 15.8. The summed E-state index contributed by atoms with van der Waals surface area (Å²) >= 11 is 0. The average molecular weight is 410 g/mol. The quantitative estimate of drug-likeness (QED) is 0.711. The van der Waals surface area contributed by atoms with Crippen molar-refractivity contribution in [1.29, 1.82) is 0 Å². The molecule has 2 aromatic rings. The Bertz CT molecular complexity index is 1050. The summed E-state index contributed by atoms with van der Waals surface area (Å²) in [6, 6.07) is 9.59. The van der Waals surface area contributed by atoms with Crippen molar-refractivity contribution in [3.63, 3.8) is 0 Å². The van der Waals surface area contributed by atoms with Crippen LogP contribution in [0.25, 0.3) is 0 Å². The minimum absolute atomic E-state index is 0.0445. The van der Waals surface area contributed by atoms with Crippen molar-refractivity contribution in [3.8, 4) is 0 Å². The second kappa shape index (κ2) is 6.23. The van der Waals surface area contributed by atoms with E-state index in [2.05, 4.69) is 0 Å². The van der Waals surface area contributed by atoms with Crippen LogP contribution in [0.3, 0.4) is 0 Å². The lowest BCUT2D eigenvalue weighted by Gasteiger charge is -2.24. The molecule has 2 amide bonds. The number of aryl methyl sites for hydroxylation is 1. The molecular formula is C19H17F3N2O3S. The van der Waals surface area contributed by atoms with E-state index in [0.29, 0.717) is 5.69 Å². The Labute approximate surface area is 160 Å². The summed E-state index contributed by atoms with van der Waals surface area (Å²) in [5, 5.41) is 0. The Kier molecular flexibility index (Phi) is 4.18. The van der Waals surface area contributed by atoms with Gasteiger partial charge in [0.15, 0.2) is 9.84 Å². The van der Waals surface area contributed by atoms with E-state index in [-0.39, 0.29) is 17.2 Å². The molecule has 0 spiro atoms. The van der Waals surface area contributed by atoms with Gasteiger partial charge in [-0.1, -0.05) is 24.3 Å². The molecule has 2 aromatic carbocycles. The van der Waals surface area contributed by atoms with Gasteiger partial charge >= 0.3 is 12.2 Å². The smallest absolute Gasteiger partial charge is 0.288 e. The van der Waals surface area contributed by atoms with E-state index in [1.165, 1.54) is 21.9 Å². The summed E-state index contributed by atoms with van der Waals surface area (Å²) in [7, 11) is -3.42. The second-order valence-electron chi connectivity index (χ2n) is 7.07. The number of alkyl halides is 3. The zero-order valence-electron chi connectivity index (χ0n) is 14.8. The molecule has 0 unspecified atom stereocenters. The summed E-state index contributed by atoms with van der Waals surface area (Å²) < 4.78 is 63.9. The number of hydrogen-bond acceptors (Lipinski definition) is 3. The molecule has 2 saturated heterocycles. The topological polar surface area (TPSA) is 57.7 Å². The van der Waals surface area contributed by atoms with E-state index in [1.54, 1.807) is 31.2 Å². The predicted molar refractivity (Wildman–Crippen MR) is 99.2 cm³/mol. The summed E-state index contributed by atoms with van der Waals surface area (Å²) in [6.07, 6.45) is -4.56. The molecule has 0 saturated carbocycles. The SMILES string of the molecule is Cc1ccccc1N1C(=O)N(c2cccc(C(F)(F)F)c2)[C@H]2CS(=O)(=O)C[C@H]21. The summed E-state index contributed by atoms with van der Waals surface area (Å²) in [5.41, 5.74) is 0.506. The fourth-order valence-corrected chi connectivity index (χ4v) is 5.87. The average Bonchev–Trinajstić information content (AvgIpc) is 3.04. The van der Waals surface area contributed by atoms with Gasteiger partial charge in [0.1, 0.15) is 0 Å². The van der Waals surface area contributed by atoms with Crippen LogP contribution in [0.4, 0.5) is 29.3 Å². The molecule has 0 aromatic heterocycles. The molecule has 9 heteroatoms. The lowest BCUT2D eigenvalue weighted by atomic mass is 10.1. The Morgan fingerprint density at radius 3 is 2.25 bits per heavy atom. The number of carbonyl (C=O) groups excluding carboxylic acids is 1. The van der Waals surface area contributed by atoms with E-state index >= 15 is 0 Å². The number of fused-ring (bicyclic) bond motifs is 1. The highest BCUT2D eigenvalue weighted by atomic mass is 32.2. The van der Waals surface area contributed by atoms with E-state index in [4.69, 9.17) is 0 Å². The Morgan fingerprint density at radius 2 is 1.61 bits per heavy atom. The van der Waals surface area contributed by atoms with Gasteiger partial charge in [-0.05, 0) is 36.8 Å². The lowest BCUT2D eigenvalue weighted by molar-refractivity contribution is -0.137. The molecule has 2 aliphatic heterocycles. The number of hydrogen-bond donors (Lipinski definition) is 0. The van der Waals surface area contributed by atoms with Gasteiger partial charge in [-0.2, -0.15) is 13.2 Å². The maximum Gasteiger partial charge on any atom is 0.416 e. The van der Waals surface area contributed by atoms with Gasteiger partial charge in [0.2, 0.25) is 0 Å². The first-order valence-corrected chi connectivity index (χ1v) is 10.5. The van der Waals surface area contributed by atoms with Gasteiger partial charge in [-0.15, -0.1) is 0 Å². The third-order valence-corrected chi connectivity index (χ3v) is 6.89. The zero-order valence-corrected chi connectivity index (χ0v) is 15.7. The molecule has 2 atom stereocenters. The fraction of sp³-hybridized carbons (Fsp3) is 0.316. The van der Waals surface area contributed by atoms with Crippen LogP contribution in [0, 0.1) is 6.92 Å². The molecule has 2 heterocycles. The van der Waals surface area contributed by atoms with E-state index in [0.717, 1.165) is 17.7 Å². The third-order valence-electron chi connectivity index (χ3n) is 5.20. The Balaban J connectivity index is 1.83. The largest absolute Gasteiger partial charge is 0.416 e. The number of benzene rings is 2. The number of sulfone groups is 1. The van der Waals surface area contributed by atoms with Crippen molar-refractivity contribution < 1.29 is 26.4 Å². The van der Waals surface area contributed by atoms with Gasteiger partial charge in [0, 0.05) is 11.4 Å². The lowest BCUT2D eigenvalue weighted by Crippen LogP contribution is -2.38. The van der Waals surface area contributed by atoms with Crippen LogP contribution in [0.15, 0.2) is 48.5 Å². The predicted octanol–water partition coefficient (Wildman–Crippen LogP) is 3.63. The van der Waals surface area contributed by atoms with Crippen molar-refractivity contribution in [2.45, 2.75) is 25.2 Å². The van der Waals surface area contributed by atoms with Gasteiger partial charge in [-0.3, -0.25) is 9.80 Å². The summed E-state index contributed by atoms with van der Waals surface area (Å²) in [5.74, 6) is -0.491. The maximum absolute atomic E-state index is 13.2. The van der Waals surface area contributed by atoms with E-state index < -0.39 is 39.7 Å². The molecule has 2 aliphatic rings. The van der Waals surface area contributed by atoms with Crippen molar-refractivity contribution in [2.75, 3.05) is 21.3 Å². The zero-order chi connectivity index (χ0) is 20.3. The molecule has 0 bridgehead atoms. The first-order valence-electron chi connectivity index (χ1n) is 8.64. The minimum Gasteiger partial charge on any atom is -0.288 e. The number of para-hydroxylation sites is 1. The molecule has 28 heavy (non-hydrogen) atoms. The number of carbonyl (C=O) groups is 1. The molecule has 0 aliphatic carbocycles. The van der Waals surface area contributed by atoms with Crippen LogP contribution in [0.1, 0.15) is 11.1 Å². The fourth-order valence-electron chi connectivity index (χ4n) is 3.95. The molecular weight excluding hydrogens is 393 g/mol. The highest BCUT2D eigenvalue weighted by Gasteiger charge is 2.54. The highest BCUT2D eigenvalue weighted by molar-refractivity contribution is 7.91. The van der Waals surface area contributed by atoms with Crippen LogP contribution in [-0.2, 0) is 16.0 Å². The van der Waals surface area contributed by atoms with Crippen molar-refractivity contribution in [1.82, 2.24) is 0 Å². The molecule has 0 radical (unpaired) electrons.